The molecule has 3 aromatic rings. The van der Waals surface area contributed by atoms with Crippen molar-refractivity contribution in [3.63, 3.8) is 0 Å². The predicted molar refractivity (Wildman–Crippen MR) is 123 cm³/mol. The predicted octanol–water partition coefficient (Wildman–Crippen LogP) is 4.52. The summed E-state index contributed by atoms with van der Waals surface area (Å²) >= 11 is 0. The number of hydrogen-bond donors (Lipinski definition) is 1. The average Bonchev–Trinajstić information content (AvgIpc) is 3.41. The number of Topliss-reactive ketones (excluding diaryl/α,β-unsaturated/α-hetero) is 1. The summed E-state index contributed by atoms with van der Waals surface area (Å²) in [5, 5.41) is 11.0. The van der Waals surface area contributed by atoms with Crippen molar-refractivity contribution in [3.8, 4) is 0 Å². The van der Waals surface area contributed by atoms with E-state index in [4.69, 9.17) is 0 Å². The first kappa shape index (κ1) is 21.6. The van der Waals surface area contributed by atoms with Crippen LogP contribution in [0.4, 0.5) is 0 Å². The third kappa shape index (κ3) is 4.21. The summed E-state index contributed by atoms with van der Waals surface area (Å²) in [5.74, 6) is -0.994. The maximum atomic E-state index is 13.1. The van der Waals surface area contributed by atoms with E-state index in [2.05, 4.69) is 18.8 Å². The molecule has 2 aromatic carbocycles. The standard InChI is InChI=1S/C26H27N3O3/c1-18(2)19-9-11-20(12-10-19)23-22(24(30)21-7-4-3-5-8-21)25(31)26(32)29(23)15-6-14-28-16-13-27-17-28/h3-5,7-13,16-18,23,30H,6,14-15H2,1-2H3/b24-22+/t23-/m0/s1. The lowest BCUT2D eigenvalue weighted by molar-refractivity contribution is -0.139. The van der Waals surface area contributed by atoms with Gasteiger partial charge in [-0.2, -0.15) is 0 Å². The van der Waals surface area contributed by atoms with E-state index in [0.29, 0.717) is 31.0 Å². The molecular formula is C26H27N3O3. The Labute approximate surface area is 187 Å². The molecule has 1 saturated heterocycles. The maximum absolute atomic E-state index is 13.1. The smallest absolute Gasteiger partial charge is 0.295 e. The summed E-state index contributed by atoms with van der Waals surface area (Å²) in [6.45, 7) is 5.31. The molecule has 32 heavy (non-hydrogen) atoms. The number of rotatable bonds is 7. The molecule has 0 saturated carbocycles. The van der Waals surface area contributed by atoms with Gasteiger partial charge in [-0.1, -0.05) is 68.4 Å². The summed E-state index contributed by atoms with van der Waals surface area (Å²) < 4.78 is 1.94. The summed E-state index contributed by atoms with van der Waals surface area (Å²) in [6, 6.07) is 16.2. The molecule has 1 aromatic heterocycles. The molecule has 164 valence electrons. The zero-order valence-electron chi connectivity index (χ0n) is 18.3. The van der Waals surface area contributed by atoms with Gasteiger partial charge in [0.1, 0.15) is 5.76 Å². The topological polar surface area (TPSA) is 75.4 Å². The van der Waals surface area contributed by atoms with Crippen molar-refractivity contribution in [1.82, 2.24) is 14.5 Å². The van der Waals surface area contributed by atoms with Crippen molar-refractivity contribution in [1.29, 1.82) is 0 Å². The Hall–Kier alpha value is -3.67. The van der Waals surface area contributed by atoms with Crippen LogP contribution >= 0.6 is 0 Å². The molecule has 0 bridgehead atoms. The van der Waals surface area contributed by atoms with Crippen LogP contribution < -0.4 is 0 Å². The molecule has 1 amide bonds. The molecule has 0 radical (unpaired) electrons. The Morgan fingerprint density at radius 3 is 2.38 bits per heavy atom. The minimum absolute atomic E-state index is 0.140. The summed E-state index contributed by atoms with van der Waals surface area (Å²) in [6.07, 6.45) is 5.97. The van der Waals surface area contributed by atoms with Gasteiger partial charge in [-0.05, 0) is 23.5 Å². The Balaban J connectivity index is 1.72. The molecule has 1 N–H and O–H groups in total. The van der Waals surface area contributed by atoms with Gasteiger partial charge in [0.15, 0.2) is 0 Å². The monoisotopic (exact) mass is 429 g/mol. The molecule has 6 nitrogen and oxygen atoms in total. The maximum Gasteiger partial charge on any atom is 0.295 e. The first-order valence-electron chi connectivity index (χ1n) is 10.9. The second-order valence-corrected chi connectivity index (χ2v) is 8.33. The molecule has 1 fully saturated rings. The average molecular weight is 430 g/mol. The lowest BCUT2D eigenvalue weighted by Crippen LogP contribution is -2.31. The zero-order valence-corrected chi connectivity index (χ0v) is 18.3. The highest BCUT2D eigenvalue weighted by molar-refractivity contribution is 6.46. The third-order valence-electron chi connectivity index (χ3n) is 5.88. The van der Waals surface area contributed by atoms with Crippen molar-refractivity contribution < 1.29 is 14.7 Å². The highest BCUT2D eigenvalue weighted by atomic mass is 16.3. The lowest BCUT2D eigenvalue weighted by Gasteiger charge is -2.25. The van der Waals surface area contributed by atoms with E-state index in [-0.39, 0.29) is 11.3 Å². The van der Waals surface area contributed by atoms with Gasteiger partial charge in [0.05, 0.1) is 17.9 Å². The fourth-order valence-corrected chi connectivity index (χ4v) is 4.11. The second kappa shape index (κ2) is 9.22. The number of carbonyl (C=O) groups is 2. The Bertz CT molecular complexity index is 1120. The zero-order chi connectivity index (χ0) is 22.7. The van der Waals surface area contributed by atoms with E-state index >= 15 is 0 Å². The van der Waals surface area contributed by atoms with Gasteiger partial charge in [0.25, 0.3) is 11.7 Å². The van der Waals surface area contributed by atoms with Crippen LogP contribution in [0.3, 0.4) is 0 Å². The molecule has 4 rings (SSSR count). The second-order valence-electron chi connectivity index (χ2n) is 8.33. The molecule has 1 aliphatic rings. The molecule has 1 atom stereocenters. The number of ketones is 1. The molecular weight excluding hydrogens is 402 g/mol. The normalized spacial score (nSPS) is 18.0. The van der Waals surface area contributed by atoms with E-state index in [1.165, 1.54) is 5.56 Å². The number of aromatic nitrogens is 2. The van der Waals surface area contributed by atoms with Crippen LogP contribution in [0.2, 0.25) is 0 Å². The SMILES string of the molecule is CC(C)c1ccc([C@H]2/C(=C(\O)c3ccccc3)C(=O)C(=O)N2CCCn2ccnc2)cc1. The van der Waals surface area contributed by atoms with Gasteiger partial charge >= 0.3 is 0 Å². The number of benzene rings is 2. The summed E-state index contributed by atoms with van der Waals surface area (Å²) in [7, 11) is 0. The first-order chi connectivity index (χ1) is 15.5. The molecule has 0 aliphatic carbocycles. The van der Waals surface area contributed by atoms with Crippen LogP contribution in [0.5, 0.6) is 0 Å². The Morgan fingerprint density at radius 1 is 1.03 bits per heavy atom. The lowest BCUT2D eigenvalue weighted by atomic mass is 9.93. The number of carbonyl (C=O) groups excluding carboxylic acids is 2. The van der Waals surface area contributed by atoms with Gasteiger partial charge in [-0.15, -0.1) is 0 Å². The Morgan fingerprint density at radius 2 is 1.75 bits per heavy atom. The van der Waals surface area contributed by atoms with Crippen molar-refractivity contribution in [3.05, 3.63) is 95.6 Å². The van der Waals surface area contributed by atoms with Crippen molar-refractivity contribution in [2.45, 2.75) is 38.8 Å². The number of hydrogen-bond acceptors (Lipinski definition) is 4. The van der Waals surface area contributed by atoms with E-state index in [1.54, 1.807) is 41.7 Å². The molecule has 0 spiro atoms. The largest absolute Gasteiger partial charge is 0.507 e. The number of imidazole rings is 1. The quantitative estimate of drug-likeness (QED) is 0.340. The van der Waals surface area contributed by atoms with E-state index in [1.807, 2.05) is 41.1 Å². The van der Waals surface area contributed by atoms with Crippen molar-refractivity contribution >= 4 is 17.4 Å². The number of aliphatic hydroxyl groups is 1. The van der Waals surface area contributed by atoms with Crippen LogP contribution in [-0.2, 0) is 16.1 Å². The molecule has 2 heterocycles. The summed E-state index contributed by atoms with van der Waals surface area (Å²) in [5.41, 5.74) is 2.65. The number of aryl methyl sites for hydroxylation is 1. The molecule has 1 aliphatic heterocycles. The minimum atomic E-state index is -0.646. The van der Waals surface area contributed by atoms with Crippen LogP contribution in [0.1, 0.15) is 48.9 Å². The number of amides is 1. The van der Waals surface area contributed by atoms with E-state index < -0.39 is 17.7 Å². The van der Waals surface area contributed by atoms with E-state index in [9.17, 15) is 14.7 Å². The van der Waals surface area contributed by atoms with Gasteiger partial charge < -0.3 is 14.6 Å². The fraction of sp³-hybridized carbons (Fsp3) is 0.269. The molecule has 6 heteroatoms. The minimum Gasteiger partial charge on any atom is -0.507 e. The van der Waals surface area contributed by atoms with E-state index in [0.717, 1.165) is 5.56 Å². The number of aliphatic hydroxyl groups excluding tert-OH is 1. The Kier molecular flexibility index (Phi) is 6.21. The van der Waals surface area contributed by atoms with Gasteiger partial charge in [-0.3, -0.25) is 9.59 Å². The van der Waals surface area contributed by atoms with Crippen molar-refractivity contribution in [2.75, 3.05) is 6.54 Å². The third-order valence-corrected chi connectivity index (χ3v) is 5.88. The highest BCUT2D eigenvalue weighted by Crippen LogP contribution is 2.39. The first-order valence-corrected chi connectivity index (χ1v) is 10.9. The van der Waals surface area contributed by atoms with Gasteiger partial charge in [0.2, 0.25) is 0 Å². The fourth-order valence-electron chi connectivity index (χ4n) is 4.11. The number of likely N-dealkylation sites (tertiary alicyclic amines) is 1. The van der Waals surface area contributed by atoms with Crippen LogP contribution in [0, 0.1) is 0 Å². The number of nitrogens with zero attached hydrogens (tertiary/aromatic N) is 3. The highest BCUT2D eigenvalue weighted by Gasteiger charge is 2.45. The van der Waals surface area contributed by atoms with Crippen LogP contribution in [-0.4, -0.2) is 37.8 Å². The summed E-state index contributed by atoms with van der Waals surface area (Å²) in [4.78, 5) is 31.7. The van der Waals surface area contributed by atoms with Gasteiger partial charge in [0, 0.05) is 31.0 Å². The van der Waals surface area contributed by atoms with Gasteiger partial charge in [-0.25, -0.2) is 4.98 Å². The molecule has 0 unspecified atom stereocenters. The van der Waals surface area contributed by atoms with Crippen LogP contribution in [0.15, 0.2) is 78.9 Å². The van der Waals surface area contributed by atoms with Crippen molar-refractivity contribution in [2.24, 2.45) is 0 Å². The van der Waals surface area contributed by atoms with Crippen LogP contribution in [0.25, 0.3) is 5.76 Å².